The van der Waals surface area contributed by atoms with E-state index in [0.29, 0.717) is 10.0 Å². The van der Waals surface area contributed by atoms with Gasteiger partial charge in [0.05, 0.1) is 0 Å². The number of thiophene rings is 1. The van der Waals surface area contributed by atoms with E-state index < -0.39 is 6.10 Å². The van der Waals surface area contributed by atoms with Crippen LogP contribution in [0, 0.1) is 5.82 Å². The van der Waals surface area contributed by atoms with Gasteiger partial charge in [-0.05, 0) is 40.1 Å². The molecule has 0 aliphatic rings. The minimum absolute atomic E-state index is 0.317. The molecule has 1 aromatic carbocycles. The summed E-state index contributed by atoms with van der Waals surface area (Å²) in [6, 6.07) is 6.13. The molecule has 78 valence electrons. The minimum atomic E-state index is -0.703. The Labute approximate surface area is 99.3 Å². The molecule has 2 rings (SSSR count). The monoisotopic (exact) mass is 286 g/mol. The number of aliphatic hydroxyl groups excluding tert-OH is 1. The second-order valence-corrected chi connectivity index (χ2v) is 4.76. The SMILES string of the molecule is OC(c1ccsc1)c1ccc(F)cc1Br. The van der Waals surface area contributed by atoms with Gasteiger partial charge in [-0.1, -0.05) is 22.0 Å². The molecule has 0 amide bonds. The Bertz CT molecular complexity index is 456. The zero-order chi connectivity index (χ0) is 10.8. The first-order valence-electron chi connectivity index (χ1n) is 4.33. The summed E-state index contributed by atoms with van der Waals surface area (Å²) in [5.74, 6) is -0.317. The van der Waals surface area contributed by atoms with Crippen molar-refractivity contribution in [1.29, 1.82) is 0 Å². The van der Waals surface area contributed by atoms with E-state index in [0.717, 1.165) is 5.56 Å². The molecule has 0 saturated heterocycles. The number of rotatable bonds is 2. The van der Waals surface area contributed by atoms with Crippen LogP contribution in [-0.2, 0) is 0 Å². The Balaban J connectivity index is 2.38. The fourth-order valence-corrected chi connectivity index (χ4v) is 2.58. The molecule has 0 saturated carbocycles. The van der Waals surface area contributed by atoms with Crippen molar-refractivity contribution in [2.45, 2.75) is 6.10 Å². The molecule has 0 radical (unpaired) electrons. The number of aliphatic hydroxyl groups is 1. The third-order valence-corrected chi connectivity index (χ3v) is 3.50. The molecule has 1 unspecified atom stereocenters. The fourth-order valence-electron chi connectivity index (χ4n) is 1.33. The van der Waals surface area contributed by atoms with Crippen molar-refractivity contribution >= 4 is 27.3 Å². The molecule has 15 heavy (non-hydrogen) atoms. The Morgan fingerprint density at radius 1 is 1.33 bits per heavy atom. The average molecular weight is 287 g/mol. The van der Waals surface area contributed by atoms with Gasteiger partial charge in [0.15, 0.2) is 0 Å². The van der Waals surface area contributed by atoms with Crippen LogP contribution in [0.2, 0.25) is 0 Å². The molecule has 1 heterocycles. The van der Waals surface area contributed by atoms with E-state index in [1.54, 1.807) is 6.07 Å². The van der Waals surface area contributed by atoms with Gasteiger partial charge in [0, 0.05) is 4.47 Å². The normalized spacial score (nSPS) is 12.7. The van der Waals surface area contributed by atoms with Gasteiger partial charge in [0.1, 0.15) is 11.9 Å². The van der Waals surface area contributed by atoms with Gasteiger partial charge in [-0.25, -0.2) is 4.39 Å². The molecule has 2 aromatic rings. The van der Waals surface area contributed by atoms with E-state index >= 15 is 0 Å². The maximum Gasteiger partial charge on any atom is 0.124 e. The number of benzene rings is 1. The summed E-state index contributed by atoms with van der Waals surface area (Å²) in [6.45, 7) is 0. The van der Waals surface area contributed by atoms with Crippen LogP contribution in [0.5, 0.6) is 0 Å². The quantitative estimate of drug-likeness (QED) is 0.892. The van der Waals surface area contributed by atoms with E-state index in [4.69, 9.17) is 0 Å². The molecule has 1 N–H and O–H groups in total. The van der Waals surface area contributed by atoms with Gasteiger partial charge in [-0.3, -0.25) is 0 Å². The maximum atomic E-state index is 12.8. The summed E-state index contributed by atoms with van der Waals surface area (Å²) in [5, 5.41) is 13.8. The lowest BCUT2D eigenvalue weighted by Gasteiger charge is -2.11. The van der Waals surface area contributed by atoms with Gasteiger partial charge in [0.25, 0.3) is 0 Å². The third kappa shape index (κ3) is 2.27. The molecule has 0 aliphatic carbocycles. The predicted octanol–water partition coefficient (Wildman–Crippen LogP) is 3.73. The van der Waals surface area contributed by atoms with Crippen LogP contribution in [0.3, 0.4) is 0 Å². The largest absolute Gasteiger partial charge is 0.384 e. The smallest absolute Gasteiger partial charge is 0.124 e. The second kappa shape index (κ2) is 4.43. The summed E-state index contributed by atoms with van der Waals surface area (Å²) >= 11 is 4.76. The number of hydrogen-bond donors (Lipinski definition) is 1. The highest BCUT2D eigenvalue weighted by molar-refractivity contribution is 9.10. The van der Waals surface area contributed by atoms with Crippen molar-refractivity contribution in [2.24, 2.45) is 0 Å². The standard InChI is InChI=1S/C11H8BrFOS/c12-10-5-8(13)1-2-9(10)11(14)7-3-4-15-6-7/h1-6,11,14H. The lowest BCUT2D eigenvalue weighted by Crippen LogP contribution is -1.99. The van der Waals surface area contributed by atoms with Crippen LogP contribution in [0.15, 0.2) is 39.5 Å². The predicted molar refractivity (Wildman–Crippen MR) is 62.5 cm³/mol. The summed E-state index contributed by atoms with van der Waals surface area (Å²) in [4.78, 5) is 0. The second-order valence-electron chi connectivity index (χ2n) is 3.13. The highest BCUT2D eigenvalue weighted by Crippen LogP contribution is 2.29. The maximum absolute atomic E-state index is 12.8. The first kappa shape index (κ1) is 10.8. The van der Waals surface area contributed by atoms with Crippen LogP contribution in [0.1, 0.15) is 17.2 Å². The van der Waals surface area contributed by atoms with Crippen molar-refractivity contribution in [3.8, 4) is 0 Å². The Kier molecular flexibility index (Phi) is 3.19. The van der Waals surface area contributed by atoms with Gasteiger partial charge < -0.3 is 5.11 Å². The molecule has 0 bridgehead atoms. The highest BCUT2D eigenvalue weighted by atomic mass is 79.9. The molecule has 0 spiro atoms. The number of halogens is 2. The van der Waals surface area contributed by atoms with Crippen LogP contribution in [0.25, 0.3) is 0 Å². The lowest BCUT2D eigenvalue weighted by molar-refractivity contribution is 0.220. The molecular weight excluding hydrogens is 279 g/mol. The molecule has 4 heteroatoms. The van der Waals surface area contributed by atoms with Gasteiger partial charge in [-0.2, -0.15) is 11.3 Å². The van der Waals surface area contributed by atoms with Crippen molar-refractivity contribution < 1.29 is 9.50 Å². The van der Waals surface area contributed by atoms with Gasteiger partial charge in [0.2, 0.25) is 0 Å². The van der Waals surface area contributed by atoms with Crippen molar-refractivity contribution in [3.05, 3.63) is 56.4 Å². The van der Waals surface area contributed by atoms with Crippen molar-refractivity contribution in [1.82, 2.24) is 0 Å². The zero-order valence-corrected chi connectivity index (χ0v) is 10.1. The average Bonchev–Trinajstić information content (AvgIpc) is 2.69. The summed E-state index contributed by atoms with van der Waals surface area (Å²) in [5.41, 5.74) is 1.50. The molecule has 1 nitrogen and oxygen atoms in total. The summed E-state index contributed by atoms with van der Waals surface area (Å²) in [6.07, 6.45) is -0.703. The lowest BCUT2D eigenvalue weighted by atomic mass is 10.0. The highest BCUT2D eigenvalue weighted by Gasteiger charge is 2.14. The number of hydrogen-bond acceptors (Lipinski definition) is 2. The Hall–Kier alpha value is -0.710. The first-order valence-corrected chi connectivity index (χ1v) is 6.07. The van der Waals surface area contributed by atoms with E-state index in [1.165, 1.54) is 23.5 Å². The van der Waals surface area contributed by atoms with Crippen LogP contribution < -0.4 is 0 Å². The van der Waals surface area contributed by atoms with E-state index in [9.17, 15) is 9.50 Å². The fraction of sp³-hybridized carbons (Fsp3) is 0.0909. The van der Waals surface area contributed by atoms with E-state index in [-0.39, 0.29) is 5.82 Å². The minimum Gasteiger partial charge on any atom is -0.384 e. The van der Waals surface area contributed by atoms with E-state index in [1.807, 2.05) is 16.8 Å². The summed E-state index contributed by atoms with van der Waals surface area (Å²) in [7, 11) is 0. The van der Waals surface area contributed by atoms with Crippen molar-refractivity contribution in [3.63, 3.8) is 0 Å². The Morgan fingerprint density at radius 2 is 2.13 bits per heavy atom. The first-order chi connectivity index (χ1) is 7.18. The van der Waals surface area contributed by atoms with Gasteiger partial charge in [-0.15, -0.1) is 0 Å². The molecule has 0 fully saturated rings. The van der Waals surface area contributed by atoms with Crippen LogP contribution >= 0.6 is 27.3 Å². The van der Waals surface area contributed by atoms with Crippen LogP contribution in [0.4, 0.5) is 4.39 Å². The van der Waals surface area contributed by atoms with Gasteiger partial charge >= 0.3 is 0 Å². The topological polar surface area (TPSA) is 20.2 Å². The Morgan fingerprint density at radius 3 is 2.73 bits per heavy atom. The molecule has 1 atom stereocenters. The summed E-state index contributed by atoms with van der Waals surface area (Å²) < 4.78 is 13.4. The molecular formula is C11H8BrFOS. The molecule has 0 aliphatic heterocycles. The van der Waals surface area contributed by atoms with E-state index in [2.05, 4.69) is 15.9 Å². The molecule has 1 aromatic heterocycles. The zero-order valence-electron chi connectivity index (χ0n) is 7.65. The third-order valence-electron chi connectivity index (χ3n) is 2.12. The van der Waals surface area contributed by atoms with Crippen molar-refractivity contribution in [2.75, 3.05) is 0 Å². The van der Waals surface area contributed by atoms with Crippen LogP contribution in [-0.4, -0.2) is 5.11 Å².